The van der Waals surface area contributed by atoms with Crippen LogP contribution in [0.4, 0.5) is 17.1 Å². The zero-order chi connectivity index (χ0) is 28.7. The van der Waals surface area contributed by atoms with Crippen LogP contribution >= 0.6 is 0 Å². The van der Waals surface area contributed by atoms with Crippen LogP contribution in [0, 0.1) is 32.9 Å². The number of benzene rings is 3. The van der Waals surface area contributed by atoms with E-state index in [1.54, 1.807) is 0 Å². The number of para-hydroxylation sites is 2. The zero-order valence-corrected chi connectivity index (χ0v) is 27.1. The number of pyridine rings is 2. The van der Waals surface area contributed by atoms with E-state index in [1.807, 2.05) is 36.1 Å². The van der Waals surface area contributed by atoms with E-state index in [0.29, 0.717) is 6.04 Å². The molecule has 1 aliphatic rings. The van der Waals surface area contributed by atoms with E-state index >= 15 is 0 Å². The largest absolute Gasteiger partial charge is 0.494 e. The molecule has 0 spiro atoms. The van der Waals surface area contributed by atoms with Gasteiger partial charge in [-0.1, -0.05) is 57.5 Å². The number of aryl methyl sites for hydroxylation is 3. The minimum absolute atomic E-state index is 0. The third-order valence-corrected chi connectivity index (χ3v) is 7.59. The molecular formula is C36H33IrN5. The summed E-state index contributed by atoms with van der Waals surface area (Å²) in [6.45, 7) is 10.6. The van der Waals surface area contributed by atoms with Crippen LogP contribution in [0.25, 0.3) is 33.2 Å². The van der Waals surface area contributed by atoms with Gasteiger partial charge >= 0.3 is 6.01 Å². The smallest absolute Gasteiger partial charge is 0.347 e. The normalized spacial score (nSPS) is 12.0. The van der Waals surface area contributed by atoms with Crippen molar-refractivity contribution in [2.24, 2.45) is 0 Å². The van der Waals surface area contributed by atoms with Crippen LogP contribution < -0.4 is 4.58 Å². The molecular weight excluding hydrogens is 695 g/mol. The molecule has 3 aromatic heterocycles. The summed E-state index contributed by atoms with van der Waals surface area (Å²) in [5, 5.41) is 2.36. The molecule has 0 unspecified atom stereocenters. The third-order valence-electron chi connectivity index (χ3n) is 7.59. The van der Waals surface area contributed by atoms with Gasteiger partial charge in [0.05, 0.1) is 0 Å². The Morgan fingerprint density at radius 1 is 0.833 bits per heavy atom. The molecule has 0 N–H and O–H groups in total. The van der Waals surface area contributed by atoms with Crippen molar-refractivity contribution in [1.29, 1.82) is 0 Å². The maximum absolute atomic E-state index is 4.63. The molecule has 5 nitrogen and oxygen atoms in total. The second-order valence-corrected chi connectivity index (χ2v) is 10.9. The van der Waals surface area contributed by atoms with Gasteiger partial charge in [0.15, 0.2) is 7.05 Å². The van der Waals surface area contributed by atoms with E-state index in [-0.39, 0.29) is 20.1 Å². The SMILES string of the molecule is CC(C)n1c2cc([N+]3=C=[N+](C)c4ccccc43)[c-]cc2c2cccnc21.Cc1c[c-]c(-c2cc(C)c(C)cn2)cc1.[Ir]. The summed E-state index contributed by atoms with van der Waals surface area (Å²) in [6.07, 6.45) is 3.77. The maximum Gasteiger partial charge on any atom is 0.494 e. The molecule has 0 amide bonds. The van der Waals surface area contributed by atoms with Gasteiger partial charge in [-0.15, -0.1) is 46.8 Å². The van der Waals surface area contributed by atoms with Crippen LogP contribution in [0.15, 0.2) is 85.2 Å². The Balaban J connectivity index is 0.000000189. The van der Waals surface area contributed by atoms with Crippen molar-refractivity contribution in [2.75, 3.05) is 7.05 Å². The molecule has 42 heavy (non-hydrogen) atoms. The van der Waals surface area contributed by atoms with E-state index in [1.165, 1.54) is 33.0 Å². The maximum atomic E-state index is 4.63. The summed E-state index contributed by atoms with van der Waals surface area (Å²) < 4.78 is 6.39. The Morgan fingerprint density at radius 2 is 1.62 bits per heavy atom. The number of rotatable bonds is 3. The zero-order valence-electron chi connectivity index (χ0n) is 24.7. The molecule has 0 atom stereocenters. The summed E-state index contributed by atoms with van der Waals surface area (Å²) in [5.74, 6) is 0. The molecule has 6 heteroatoms. The summed E-state index contributed by atoms with van der Waals surface area (Å²) in [4.78, 5) is 9.03. The molecule has 1 aliphatic heterocycles. The average molecular weight is 728 g/mol. The predicted molar refractivity (Wildman–Crippen MR) is 168 cm³/mol. The quantitative estimate of drug-likeness (QED) is 0.136. The van der Waals surface area contributed by atoms with Gasteiger partial charge in [0.1, 0.15) is 11.3 Å². The molecule has 1 radical (unpaired) electrons. The van der Waals surface area contributed by atoms with E-state index in [0.717, 1.165) is 34.0 Å². The number of nitrogens with zero attached hydrogens (tertiary/aromatic N) is 5. The minimum atomic E-state index is 0. The van der Waals surface area contributed by atoms with Gasteiger partial charge in [0, 0.05) is 50.7 Å². The van der Waals surface area contributed by atoms with Crippen molar-refractivity contribution >= 4 is 45.0 Å². The van der Waals surface area contributed by atoms with Crippen molar-refractivity contribution in [3.63, 3.8) is 0 Å². The fraction of sp³-hybridized carbons (Fsp3) is 0.194. The molecule has 7 rings (SSSR count). The first-order valence-electron chi connectivity index (χ1n) is 13.9. The number of aromatic nitrogens is 3. The molecule has 4 heterocycles. The first kappa shape index (κ1) is 29.3. The van der Waals surface area contributed by atoms with Gasteiger partial charge < -0.3 is 9.55 Å². The van der Waals surface area contributed by atoms with Gasteiger partial charge in [-0.25, -0.2) is 4.98 Å². The third kappa shape index (κ3) is 5.37. The van der Waals surface area contributed by atoms with Crippen molar-refractivity contribution in [1.82, 2.24) is 19.1 Å². The Morgan fingerprint density at radius 3 is 2.33 bits per heavy atom. The molecule has 6 aromatic rings. The van der Waals surface area contributed by atoms with Gasteiger partial charge in [-0.05, 0) is 50.4 Å². The molecule has 211 valence electrons. The van der Waals surface area contributed by atoms with Crippen molar-refractivity contribution in [3.8, 4) is 11.3 Å². The monoisotopic (exact) mass is 728 g/mol. The molecule has 0 aliphatic carbocycles. The van der Waals surface area contributed by atoms with Gasteiger partial charge in [0.2, 0.25) is 0 Å². The minimum Gasteiger partial charge on any atom is -0.347 e. The number of fused-ring (bicyclic) bond motifs is 4. The summed E-state index contributed by atoms with van der Waals surface area (Å²) in [6, 6.07) is 35.4. The second-order valence-electron chi connectivity index (χ2n) is 10.9. The molecule has 3 aromatic carbocycles. The van der Waals surface area contributed by atoms with Crippen molar-refractivity contribution < 1.29 is 24.7 Å². The van der Waals surface area contributed by atoms with Gasteiger partial charge in [-0.2, -0.15) is 6.07 Å². The first-order chi connectivity index (χ1) is 19.8. The number of hydrogen-bond acceptors (Lipinski definition) is 2. The Labute approximate surface area is 260 Å². The molecule has 0 fully saturated rings. The number of hydrogen-bond donors (Lipinski definition) is 0. The van der Waals surface area contributed by atoms with Crippen molar-refractivity contribution in [2.45, 2.75) is 40.7 Å². The van der Waals surface area contributed by atoms with Crippen LogP contribution in [-0.4, -0.2) is 32.2 Å². The summed E-state index contributed by atoms with van der Waals surface area (Å²) >= 11 is 0. The van der Waals surface area contributed by atoms with Crippen LogP contribution in [0.5, 0.6) is 0 Å². The average Bonchev–Trinajstić information content (AvgIpc) is 3.50. The van der Waals surface area contributed by atoms with E-state index < -0.39 is 0 Å². The van der Waals surface area contributed by atoms with Crippen LogP contribution in [0.2, 0.25) is 0 Å². The topological polar surface area (TPSA) is 36.7 Å². The van der Waals surface area contributed by atoms with E-state index in [9.17, 15) is 0 Å². The van der Waals surface area contributed by atoms with Gasteiger partial charge in [-0.3, -0.25) is 0 Å². The fourth-order valence-corrected chi connectivity index (χ4v) is 5.26. The van der Waals surface area contributed by atoms with Crippen LogP contribution in [0.1, 0.15) is 36.6 Å². The summed E-state index contributed by atoms with van der Waals surface area (Å²) in [7, 11) is 2.02. The molecule has 0 bridgehead atoms. The van der Waals surface area contributed by atoms with Crippen molar-refractivity contribution in [3.05, 3.63) is 114 Å². The second kappa shape index (κ2) is 12.0. The van der Waals surface area contributed by atoms with Crippen LogP contribution in [-0.2, 0) is 20.1 Å². The van der Waals surface area contributed by atoms with E-state index in [2.05, 4.69) is 133 Å². The Bertz CT molecular complexity index is 1990. The predicted octanol–water partition coefficient (Wildman–Crippen LogP) is 8.34. The first-order valence-corrected chi connectivity index (χ1v) is 13.9. The Kier molecular flexibility index (Phi) is 8.33. The van der Waals surface area contributed by atoms with Gasteiger partial charge in [0.25, 0.3) is 11.4 Å². The van der Waals surface area contributed by atoms with E-state index in [4.69, 9.17) is 0 Å². The molecule has 0 saturated heterocycles. The van der Waals surface area contributed by atoms with Crippen LogP contribution in [0.3, 0.4) is 0 Å². The Hall–Kier alpha value is -4.21. The fourth-order valence-electron chi connectivity index (χ4n) is 5.26. The standard InChI is InChI=1S/C22H19N4.C14H14N.Ir/c1-15(2)26-21-13-16(10-11-17(21)18-7-6-12-23-22(18)26)25-14-24(3)19-8-4-5-9-20(19)25;1-10-4-6-13(7-5-10)14-8-11(2)12(3)9-15-14;/h4-9,11-13,15H,1-3H3;4-6,8-9H,1-3H3;/q+1;-1;. The molecule has 0 saturated carbocycles. The summed E-state index contributed by atoms with van der Waals surface area (Å²) in [5.41, 5.74) is 11.2.